The highest BCUT2D eigenvalue weighted by atomic mass is 16.5. The van der Waals surface area contributed by atoms with E-state index in [1.807, 2.05) is 0 Å². The van der Waals surface area contributed by atoms with Gasteiger partial charge in [-0.05, 0) is 80.5 Å². The van der Waals surface area contributed by atoms with E-state index in [-0.39, 0.29) is 17.5 Å². The summed E-state index contributed by atoms with van der Waals surface area (Å²) >= 11 is 0. The number of hydrogen-bond donors (Lipinski definition) is 0. The highest BCUT2D eigenvalue weighted by Gasteiger charge is 2.60. The van der Waals surface area contributed by atoms with Gasteiger partial charge in [-0.1, -0.05) is 19.9 Å². The molecule has 4 fully saturated rings. The van der Waals surface area contributed by atoms with Crippen LogP contribution in [0.2, 0.25) is 0 Å². The van der Waals surface area contributed by atoms with Crippen molar-refractivity contribution in [3.05, 3.63) is 12.7 Å². The summed E-state index contributed by atoms with van der Waals surface area (Å²) in [6, 6.07) is 0. The summed E-state index contributed by atoms with van der Waals surface area (Å²) in [6.45, 7) is 8.40. The van der Waals surface area contributed by atoms with E-state index in [1.165, 1.54) is 25.7 Å². The van der Waals surface area contributed by atoms with Gasteiger partial charge in [0.1, 0.15) is 11.9 Å². The first-order chi connectivity index (χ1) is 12.4. The van der Waals surface area contributed by atoms with E-state index in [4.69, 9.17) is 4.74 Å². The minimum atomic E-state index is -0.125. The van der Waals surface area contributed by atoms with Gasteiger partial charge in [0.2, 0.25) is 0 Å². The molecule has 4 rings (SSSR count). The number of rotatable bonds is 3. The normalized spacial score (nSPS) is 47.5. The molecule has 0 aliphatic heterocycles. The van der Waals surface area contributed by atoms with Crippen LogP contribution in [0, 0.1) is 34.5 Å². The average molecular weight is 359 g/mol. The Kier molecular flexibility index (Phi) is 4.56. The predicted octanol–water partition coefficient (Wildman–Crippen LogP) is 5.09. The van der Waals surface area contributed by atoms with Crippen molar-refractivity contribution in [2.45, 2.75) is 84.2 Å². The van der Waals surface area contributed by atoms with Crippen LogP contribution in [-0.4, -0.2) is 17.9 Å². The quantitative estimate of drug-likeness (QED) is 0.521. The lowest BCUT2D eigenvalue weighted by Gasteiger charge is -2.60. The van der Waals surface area contributed by atoms with Crippen LogP contribution in [0.25, 0.3) is 0 Å². The molecule has 4 saturated carbocycles. The Hall–Kier alpha value is -1.12. The first kappa shape index (κ1) is 18.3. The van der Waals surface area contributed by atoms with Gasteiger partial charge in [0, 0.05) is 11.8 Å². The fourth-order valence-electron chi connectivity index (χ4n) is 7.45. The average Bonchev–Trinajstić information content (AvgIpc) is 2.91. The van der Waals surface area contributed by atoms with E-state index in [2.05, 4.69) is 20.4 Å². The van der Waals surface area contributed by atoms with Crippen molar-refractivity contribution in [2.75, 3.05) is 0 Å². The fourth-order valence-corrected chi connectivity index (χ4v) is 7.45. The molecule has 7 atom stereocenters. The molecule has 4 aliphatic carbocycles. The molecule has 3 nitrogen and oxygen atoms in total. The fraction of sp³-hybridized carbons (Fsp3) is 0.826. The van der Waals surface area contributed by atoms with Gasteiger partial charge in [0.05, 0.1) is 6.42 Å². The minimum absolute atomic E-state index is 0.0260. The van der Waals surface area contributed by atoms with Crippen molar-refractivity contribution in [3.63, 3.8) is 0 Å². The molecule has 0 unspecified atom stereocenters. The summed E-state index contributed by atoms with van der Waals surface area (Å²) in [5.41, 5.74) is 0.346. The lowest BCUT2D eigenvalue weighted by molar-refractivity contribution is -0.161. The van der Waals surface area contributed by atoms with Gasteiger partial charge < -0.3 is 4.74 Å². The molecule has 3 heteroatoms. The number of fused-ring (bicyclic) bond motifs is 5. The molecule has 0 aromatic rings. The van der Waals surface area contributed by atoms with Crippen molar-refractivity contribution in [3.8, 4) is 0 Å². The molecule has 0 spiro atoms. The zero-order valence-electron chi connectivity index (χ0n) is 16.5. The van der Waals surface area contributed by atoms with Gasteiger partial charge in [-0.15, -0.1) is 6.58 Å². The second-order valence-electron chi connectivity index (χ2n) is 9.95. The molecule has 26 heavy (non-hydrogen) atoms. The Morgan fingerprint density at radius 3 is 2.73 bits per heavy atom. The maximum Gasteiger partial charge on any atom is 0.309 e. The van der Waals surface area contributed by atoms with E-state index in [0.717, 1.165) is 43.9 Å². The maximum atomic E-state index is 12.5. The second kappa shape index (κ2) is 6.49. The van der Waals surface area contributed by atoms with Crippen molar-refractivity contribution in [1.82, 2.24) is 0 Å². The standard InChI is InChI=1S/C23H34O3/c1-4-5-21(25)26-16-10-12-22(2)15(14-16)6-7-17-18-8-9-20(24)23(18,3)13-11-19(17)22/h4,15-19H,1,5-14H2,2-3H3/t15-,16-,17-,18-,19-,22-,23-/m0/s1. The number of esters is 1. The number of hydrogen-bond acceptors (Lipinski definition) is 3. The summed E-state index contributed by atoms with van der Waals surface area (Å²) in [5.74, 6) is 3.19. The lowest BCUT2D eigenvalue weighted by atomic mass is 9.45. The van der Waals surface area contributed by atoms with Crippen LogP contribution >= 0.6 is 0 Å². The van der Waals surface area contributed by atoms with Crippen molar-refractivity contribution in [2.24, 2.45) is 34.5 Å². The topological polar surface area (TPSA) is 43.4 Å². The zero-order chi connectivity index (χ0) is 18.5. The Labute approximate surface area is 157 Å². The van der Waals surface area contributed by atoms with E-state index >= 15 is 0 Å². The highest BCUT2D eigenvalue weighted by molar-refractivity contribution is 5.87. The van der Waals surface area contributed by atoms with Crippen LogP contribution in [0.4, 0.5) is 0 Å². The third kappa shape index (κ3) is 2.68. The molecule has 0 N–H and O–H groups in total. The second-order valence-corrected chi connectivity index (χ2v) is 9.95. The number of Topliss-reactive ketones (excluding diaryl/α,β-unsaturated/α-hetero) is 1. The van der Waals surface area contributed by atoms with Crippen molar-refractivity contribution < 1.29 is 14.3 Å². The third-order valence-electron chi connectivity index (χ3n) is 8.94. The molecular formula is C23H34O3. The smallest absolute Gasteiger partial charge is 0.309 e. The van der Waals surface area contributed by atoms with Crippen LogP contribution < -0.4 is 0 Å². The van der Waals surface area contributed by atoms with Gasteiger partial charge >= 0.3 is 5.97 Å². The van der Waals surface area contributed by atoms with Crippen LogP contribution in [0.1, 0.15) is 78.1 Å². The Bertz CT molecular complexity index is 611. The van der Waals surface area contributed by atoms with Gasteiger partial charge in [-0.25, -0.2) is 0 Å². The molecule has 0 heterocycles. The zero-order valence-corrected chi connectivity index (χ0v) is 16.5. The highest BCUT2D eigenvalue weighted by Crippen LogP contribution is 2.65. The predicted molar refractivity (Wildman–Crippen MR) is 101 cm³/mol. The van der Waals surface area contributed by atoms with E-state index in [1.54, 1.807) is 6.08 Å². The molecular weight excluding hydrogens is 324 g/mol. The van der Waals surface area contributed by atoms with E-state index in [9.17, 15) is 9.59 Å². The van der Waals surface area contributed by atoms with Crippen molar-refractivity contribution in [1.29, 1.82) is 0 Å². The summed E-state index contributed by atoms with van der Waals surface area (Å²) < 4.78 is 5.71. The van der Waals surface area contributed by atoms with Crippen LogP contribution in [0.15, 0.2) is 12.7 Å². The minimum Gasteiger partial charge on any atom is -0.462 e. The third-order valence-corrected chi connectivity index (χ3v) is 8.94. The van der Waals surface area contributed by atoms with Crippen molar-refractivity contribution >= 4 is 11.8 Å². The molecule has 0 amide bonds. The van der Waals surface area contributed by atoms with Gasteiger partial charge in [0.25, 0.3) is 0 Å². The van der Waals surface area contributed by atoms with E-state index < -0.39 is 0 Å². The molecule has 144 valence electrons. The molecule has 0 aromatic heterocycles. The van der Waals surface area contributed by atoms with Gasteiger partial charge in [-0.3, -0.25) is 9.59 Å². The molecule has 0 aromatic carbocycles. The van der Waals surface area contributed by atoms with E-state index in [0.29, 0.717) is 29.5 Å². The number of ketones is 1. The molecule has 4 aliphatic rings. The summed E-state index contributed by atoms with van der Waals surface area (Å²) in [6.07, 6.45) is 12.0. The van der Waals surface area contributed by atoms with Crippen LogP contribution in [0.5, 0.6) is 0 Å². The SMILES string of the molecule is C=CCC(=O)O[C@H]1CC[C@@]2(C)[C@@H](CC[C@@H]3[C@@H]2CC[C@]2(C)C(=O)CC[C@@H]32)C1. The number of carbonyl (C=O) groups is 2. The van der Waals surface area contributed by atoms with Gasteiger partial charge in [0.15, 0.2) is 0 Å². The summed E-state index contributed by atoms with van der Waals surface area (Å²) in [5, 5.41) is 0. The lowest BCUT2D eigenvalue weighted by Crippen LogP contribution is -2.54. The van der Waals surface area contributed by atoms with Gasteiger partial charge in [-0.2, -0.15) is 0 Å². The molecule has 0 bridgehead atoms. The first-order valence-corrected chi connectivity index (χ1v) is 10.7. The summed E-state index contributed by atoms with van der Waals surface area (Å²) in [4.78, 5) is 24.4. The van der Waals surface area contributed by atoms with Crippen LogP contribution in [0.3, 0.4) is 0 Å². The Morgan fingerprint density at radius 2 is 1.96 bits per heavy atom. The number of carbonyl (C=O) groups excluding carboxylic acids is 2. The Balaban J connectivity index is 1.48. The molecule has 0 saturated heterocycles. The summed E-state index contributed by atoms with van der Waals surface area (Å²) in [7, 11) is 0. The first-order valence-electron chi connectivity index (χ1n) is 10.7. The monoisotopic (exact) mass is 358 g/mol. The maximum absolute atomic E-state index is 12.5. The number of ether oxygens (including phenoxy) is 1. The molecule has 0 radical (unpaired) electrons. The Morgan fingerprint density at radius 1 is 1.15 bits per heavy atom. The largest absolute Gasteiger partial charge is 0.462 e. The van der Waals surface area contributed by atoms with Crippen LogP contribution in [-0.2, 0) is 14.3 Å².